The molecule has 19 heavy (non-hydrogen) atoms. The van der Waals surface area contributed by atoms with Crippen molar-refractivity contribution in [2.45, 2.75) is 26.9 Å². The molecule has 0 atom stereocenters. The molecule has 3 rings (SSSR count). The van der Waals surface area contributed by atoms with E-state index in [2.05, 4.69) is 33.8 Å². The van der Waals surface area contributed by atoms with E-state index < -0.39 is 0 Å². The lowest BCUT2D eigenvalue weighted by atomic mass is 10.3. The molecule has 0 radical (unpaired) electrons. The number of hydrogen-bond acceptors (Lipinski definition) is 4. The first kappa shape index (κ1) is 12.3. The van der Waals surface area contributed by atoms with E-state index in [1.54, 1.807) is 11.3 Å². The summed E-state index contributed by atoms with van der Waals surface area (Å²) in [6.45, 7) is 5.83. The first-order valence-corrected chi connectivity index (χ1v) is 7.15. The minimum Gasteiger partial charge on any atom is -0.308 e. The Morgan fingerprint density at radius 2 is 2.21 bits per heavy atom. The first-order chi connectivity index (χ1) is 9.22. The second-order valence-corrected chi connectivity index (χ2v) is 5.68. The molecule has 1 N–H and O–H groups in total. The molecule has 0 spiro atoms. The molecule has 0 amide bonds. The van der Waals surface area contributed by atoms with Gasteiger partial charge in [-0.3, -0.25) is 0 Å². The maximum absolute atomic E-state index is 4.40. The Balaban J connectivity index is 1.66. The molecule has 0 unspecified atom stereocenters. The molecular formula is C14H16N4S. The van der Waals surface area contributed by atoms with Crippen molar-refractivity contribution in [3.63, 3.8) is 0 Å². The normalized spacial score (nSPS) is 11.3. The molecule has 0 saturated heterocycles. The van der Waals surface area contributed by atoms with Crippen LogP contribution in [0, 0.1) is 13.8 Å². The van der Waals surface area contributed by atoms with Gasteiger partial charge in [-0.15, -0.1) is 11.3 Å². The number of fused-ring (bicyclic) bond motifs is 1. The van der Waals surface area contributed by atoms with E-state index in [1.165, 1.54) is 10.4 Å². The third-order valence-corrected chi connectivity index (χ3v) is 4.09. The van der Waals surface area contributed by atoms with Crippen molar-refractivity contribution >= 4 is 17.0 Å². The molecule has 98 valence electrons. The summed E-state index contributed by atoms with van der Waals surface area (Å²) < 4.78 is 1.84. The van der Waals surface area contributed by atoms with E-state index in [0.717, 1.165) is 30.0 Å². The monoisotopic (exact) mass is 272 g/mol. The predicted octanol–water partition coefficient (Wildman–Crippen LogP) is 2.70. The summed E-state index contributed by atoms with van der Waals surface area (Å²) in [4.78, 5) is 5.79. The zero-order valence-electron chi connectivity index (χ0n) is 11.1. The molecule has 5 heteroatoms. The highest BCUT2D eigenvalue weighted by atomic mass is 32.1. The van der Waals surface area contributed by atoms with Crippen LogP contribution >= 0.6 is 11.3 Å². The Morgan fingerprint density at radius 1 is 1.32 bits per heavy atom. The van der Waals surface area contributed by atoms with Crippen LogP contribution in [0.1, 0.15) is 21.7 Å². The van der Waals surface area contributed by atoms with Crippen LogP contribution in [0.2, 0.25) is 0 Å². The highest BCUT2D eigenvalue weighted by Crippen LogP contribution is 2.15. The lowest BCUT2D eigenvalue weighted by Crippen LogP contribution is -2.13. The summed E-state index contributed by atoms with van der Waals surface area (Å²) in [6, 6.07) is 4.13. The van der Waals surface area contributed by atoms with Gasteiger partial charge in [0.25, 0.3) is 0 Å². The fraction of sp³-hybridized carbons (Fsp3) is 0.286. The van der Waals surface area contributed by atoms with Crippen molar-refractivity contribution < 1.29 is 0 Å². The minimum absolute atomic E-state index is 0.805. The van der Waals surface area contributed by atoms with E-state index in [-0.39, 0.29) is 0 Å². The summed E-state index contributed by atoms with van der Waals surface area (Å²) in [5, 5.41) is 9.95. The third-order valence-electron chi connectivity index (χ3n) is 3.07. The Morgan fingerprint density at radius 3 is 3.00 bits per heavy atom. The number of nitrogens with one attached hydrogen (secondary N) is 1. The van der Waals surface area contributed by atoms with E-state index in [0.29, 0.717) is 0 Å². The van der Waals surface area contributed by atoms with E-state index >= 15 is 0 Å². The summed E-state index contributed by atoms with van der Waals surface area (Å²) in [5.41, 5.74) is 4.39. The molecular weight excluding hydrogens is 256 g/mol. The van der Waals surface area contributed by atoms with Gasteiger partial charge >= 0.3 is 0 Å². The van der Waals surface area contributed by atoms with E-state index in [1.807, 2.05) is 29.9 Å². The number of nitrogens with zero attached hydrogens (tertiary/aromatic N) is 3. The zero-order chi connectivity index (χ0) is 13.2. The second kappa shape index (κ2) is 5.11. The van der Waals surface area contributed by atoms with Crippen LogP contribution in [-0.2, 0) is 13.1 Å². The van der Waals surface area contributed by atoms with Crippen molar-refractivity contribution in [2.24, 2.45) is 0 Å². The standard InChI is InChI=1S/C14H16N4S/c1-10-3-4-19-13(10)8-15-6-12-7-16-14-5-11(2)17-18(14)9-12/h3-5,7,9,15H,6,8H2,1-2H3. The van der Waals surface area contributed by atoms with Gasteiger partial charge in [0.05, 0.1) is 5.69 Å². The summed E-state index contributed by atoms with van der Waals surface area (Å²) in [7, 11) is 0. The van der Waals surface area contributed by atoms with Gasteiger partial charge in [-0.25, -0.2) is 9.50 Å². The average molecular weight is 272 g/mol. The fourth-order valence-electron chi connectivity index (χ4n) is 2.03. The Bertz CT molecular complexity index is 698. The number of rotatable bonds is 4. The van der Waals surface area contributed by atoms with Crippen LogP contribution in [0.4, 0.5) is 0 Å². The smallest absolute Gasteiger partial charge is 0.155 e. The van der Waals surface area contributed by atoms with Crippen molar-refractivity contribution in [2.75, 3.05) is 0 Å². The van der Waals surface area contributed by atoms with Crippen molar-refractivity contribution in [1.82, 2.24) is 19.9 Å². The number of thiophene rings is 1. The molecule has 0 aliphatic rings. The third kappa shape index (κ3) is 2.67. The number of hydrogen-bond donors (Lipinski definition) is 1. The number of aryl methyl sites for hydroxylation is 2. The predicted molar refractivity (Wildman–Crippen MR) is 77.3 cm³/mol. The van der Waals surface area contributed by atoms with Gasteiger partial charge in [-0.1, -0.05) is 0 Å². The van der Waals surface area contributed by atoms with Gasteiger partial charge in [0.15, 0.2) is 5.65 Å². The van der Waals surface area contributed by atoms with Gasteiger partial charge in [-0.05, 0) is 30.9 Å². The summed E-state index contributed by atoms with van der Waals surface area (Å²) in [5.74, 6) is 0. The highest BCUT2D eigenvalue weighted by Gasteiger charge is 2.02. The van der Waals surface area contributed by atoms with Gasteiger partial charge in [0.2, 0.25) is 0 Å². The van der Waals surface area contributed by atoms with Crippen LogP contribution in [0.15, 0.2) is 29.9 Å². The maximum Gasteiger partial charge on any atom is 0.155 e. The van der Waals surface area contributed by atoms with Crippen molar-refractivity contribution in [3.8, 4) is 0 Å². The average Bonchev–Trinajstić information content (AvgIpc) is 2.94. The zero-order valence-corrected chi connectivity index (χ0v) is 11.9. The van der Waals surface area contributed by atoms with Crippen molar-refractivity contribution in [3.05, 3.63) is 51.6 Å². The molecule has 0 aliphatic carbocycles. The quantitative estimate of drug-likeness (QED) is 0.794. The number of aromatic nitrogens is 3. The van der Waals surface area contributed by atoms with Crippen LogP contribution in [0.5, 0.6) is 0 Å². The maximum atomic E-state index is 4.40. The minimum atomic E-state index is 0.805. The molecule has 3 aromatic rings. The van der Waals surface area contributed by atoms with Crippen LogP contribution in [0.25, 0.3) is 5.65 Å². The Hall–Kier alpha value is -1.72. The SMILES string of the molecule is Cc1cc2ncc(CNCc3sccc3C)cn2n1. The highest BCUT2D eigenvalue weighted by molar-refractivity contribution is 7.10. The van der Waals surface area contributed by atoms with Gasteiger partial charge in [0, 0.05) is 42.0 Å². The summed E-state index contributed by atoms with van der Waals surface area (Å²) >= 11 is 1.79. The molecule has 0 aliphatic heterocycles. The molecule has 0 bridgehead atoms. The molecule has 4 nitrogen and oxygen atoms in total. The second-order valence-electron chi connectivity index (χ2n) is 4.68. The first-order valence-electron chi connectivity index (χ1n) is 6.27. The van der Waals surface area contributed by atoms with Crippen LogP contribution < -0.4 is 5.32 Å². The largest absolute Gasteiger partial charge is 0.308 e. The molecule has 3 aromatic heterocycles. The van der Waals surface area contributed by atoms with Crippen LogP contribution in [0.3, 0.4) is 0 Å². The topological polar surface area (TPSA) is 42.2 Å². The lowest BCUT2D eigenvalue weighted by molar-refractivity contribution is 0.690. The van der Waals surface area contributed by atoms with E-state index in [9.17, 15) is 0 Å². The van der Waals surface area contributed by atoms with Crippen molar-refractivity contribution in [1.29, 1.82) is 0 Å². The Kier molecular flexibility index (Phi) is 3.31. The lowest BCUT2D eigenvalue weighted by Gasteiger charge is -2.04. The van der Waals surface area contributed by atoms with Gasteiger partial charge in [-0.2, -0.15) is 5.10 Å². The van der Waals surface area contributed by atoms with Gasteiger partial charge in [0.1, 0.15) is 0 Å². The molecule has 3 heterocycles. The molecule has 0 aromatic carbocycles. The van der Waals surface area contributed by atoms with Crippen LogP contribution in [-0.4, -0.2) is 14.6 Å². The molecule has 0 saturated carbocycles. The fourth-order valence-corrected chi connectivity index (χ4v) is 2.91. The molecule has 0 fully saturated rings. The van der Waals surface area contributed by atoms with E-state index in [4.69, 9.17) is 0 Å². The Labute approximate surface area is 116 Å². The van der Waals surface area contributed by atoms with Gasteiger partial charge < -0.3 is 5.32 Å². The summed E-state index contributed by atoms with van der Waals surface area (Å²) in [6.07, 6.45) is 3.94.